The standard InChI is InChI=1S/C17H23FN6O4/c1-5-17(18)11(26)9(6-25)28-15(17)24-7-20-10-12(19-4)21-16(22-13(10)24)23-14(27)8(2)3/h5,7-9,11,15,25-26H,1,6H2,2-4H3,(H2,19,21,22,23,27)/t9?,11-,15-,17-/m1/s1. The van der Waals surface area contributed by atoms with Gasteiger partial charge < -0.3 is 20.3 Å². The number of carbonyl (C=O) groups excluding carboxylic acids is 1. The van der Waals surface area contributed by atoms with E-state index in [1.165, 1.54) is 10.9 Å². The van der Waals surface area contributed by atoms with E-state index >= 15 is 4.39 Å². The van der Waals surface area contributed by atoms with Crippen LogP contribution in [0.15, 0.2) is 19.0 Å². The molecule has 1 amide bonds. The normalized spacial score (nSPS) is 27.3. The number of hydrogen-bond donors (Lipinski definition) is 4. The molecule has 3 rings (SSSR count). The predicted molar refractivity (Wildman–Crippen MR) is 99.4 cm³/mol. The average Bonchev–Trinajstić information content (AvgIpc) is 3.20. The number of imidazole rings is 1. The molecule has 152 valence electrons. The van der Waals surface area contributed by atoms with E-state index in [1.54, 1.807) is 20.9 Å². The summed E-state index contributed by atoms with van der Waals surface area (Å²) in [6, 6.07) is 0. The van der Waals surface area contributed by atoms with E-state index in [2.05, 4.69) is 32.2 Å². The minimum atomic E-state index is -2.38. The van der Waals surface area contributed by atoms with Gasteiger partial charge in [-0.2, -0.15) is 9.97 Å². The molecule has 1 aliphatic rings. The fraction of sp³-hybridized carbons (Fsp3) is 0.529. The Kier molecular flexibility index (Phi) is 5.33. The van der Waals surface area contributed by atoms with Gasteiger partial charge in [-0.15, -0.1) is 0 Å². The molecule has 1 aliphatic heterocycles. The number of ether oxygens (including phenoxy) is 1. The Morgan fingerprint density at radius 3 is 2.82 bits per heavy atom. The quantitative estimate of drug-likeness (QED) is 0.524. The molecule has 0 bridgehead atoms. The Balaban J connectivity index is 2.11. The highest BCUT2D eigenvalue weighted by atomic mass is 19.1. The van der Waals surface area contributed by atoms with Crippen LogP contribution in [0.2, 0.25) is 0 Å². The van der Waals surface area contributed by atoms with Crippen LogP contribution in [-0.2, 0) is 9.53 Å². The van der Waals surface area contributed by atoms with E-state index in [0.717, 1.165) is 6.08 Å². The van der Waals surface area contributed by atoms with Crippen LogP contribution >= 0.6 is 0 Å². The molecule has 1 fully saturated rings. The van der Waals surface area contributed by atoms with E-state index in [4.69, 9.17) is 4.74 Å². The summed E-state index contributed by atoms with van der Waals surface area (Å²) in [6.07, 6.45) is -1.90. The van der Waals surface area contributed by atoms with Crippen LogP contribution in [0.1, 0.15) is 20.1 Å². The second-order valence-electron chi connectivity index (χ2n) is 6.80. The number of hydrogen-bond acceptors (Lipinski definition) is 8. The lowest BCUT2D eigenvalue weighted by Crippen LogP contribution is -2.41. The third kappa shape index (κ3) is 3.11. The van der Waals surface area contributed by atoms with Crippen molar-refractivity contribution in [3.05, 3.63) is 19.0 Å². The summed E-state index contributed by atoms with van der Waals surface area (Å²) in [4.78, 5) is 24.7. The second kappa shape index (κ2) is 7.41. The van der Waals surface area contributed by atoms with Crippen molar-refractivity contribution in [1.82, 2.24) is 19.5 Å². The number of nitrogens with one attached hydrogen (secondary N) is 2. The summed E-state index contributed by atoms with van der Waals surface area (Å²) >= 11 is 0. The minimum Gasteiger partial charge on any atom is -0.394 e. The van der Waals surface area contributed by atoms with Crippen molar-refractivity contribution >= 4 is 28.8 Å². The topological polar surface area (TPSA) is 134 Å². The Morgan fingerprint density at radius 1 is 1.54 bits per heavy atom. The molecule has 1 unspecified atom stereocenters. The lowest BCUT2D eigenvalue weighted by atomic mass is 9.96. The smallest absolute Gasteiger partial charge is 0.233 e. The Morgan fingerprint density at radius 2 is 2.25 bits per heavy atom. The number of aliphatic hydroxyl groups is 2. The average molecular weight is 394 g/mol. The van der Waals surface area contributed by atoms with Crippen LogP contribution < -0.4 is 10.6 Å². The fourth-order valence-electron chi connectivity index (χ4n) is 2.99. The lowest BCUT2D eigenvalue weighted by Gasteiger charge is -2.25. The molecule has 0 aromatic carbocycles. The molecule has 11 heteroatoms. The number of aromatic nitrogens is 4. The van der Waals surface area contributed by atoms with Gasteiger partial charge in [0.2, 0.25) is 17.5 Å². The zero-order chi connectivity index (χ0) is 20.6. The zero-order valence-corrected chi connectivity index (χ0v) is 15.8. The maximum atomic E-state index is 15.4. The highest BCUT2D eigenvalue weighted by molar-refractivity contribution is 5.92. The first-order valence-electron chi connectivity index (χ1n) is 8.76. The molecule has 10 nitrogen and oxygen atoms in total. The van der Waals surface area contributed by atoms with Crippen LogP contribution in [0, 0.1) is 5.92 Å². The Bertz CT molecular complexity index is 903. The van der Waals surface area contributed by atoms with Crippen LogP contribution in [0.25, 0.3) is 11.2 Å². The van der Waals surface area contributed by atoms with Gasteiger partial charge in [-0.1, -0.05) is 20.4 Å². The van der Waals surface area contributed by atoms with E-state index < -0.39 is 30.7 Å². The van der Waals surface area contributed by atoms with Crippen LogP contribution in [-0.4, -0.2) is 67.2 Å². The number of rotatable bonds is 6. The molecule has 2 aromatic rings. The highest BCUT2D eigenvalue weighted by Gasteiger charge is 2.56. The van der Waals surface area contributed by atoms with Crippen LogP contribution in [0.5, 0.6) is 0 Å². The first-order valence-corrected chi connectivity index (χ1v) is 8.76. The van der Waals surface area contributed by atoms with Gasteiger partial charge in [0.1, 0.15) is 12.2 Å². The van der Waals surface area contributed by atoms with Crippen molar-refractivity contribution in [2.24, 2.45) is 5.92 Å². The zero-order valence-electron chi connectivity index (χ0n) is 15.8. The van der Waals surface area contributed by atoms with Gasteiger partial charge in [0.25, 0.3) is 0 Å². The Hall–Kier alpha value is -2.63. The first kappa shape index (κ1) is 20.1. The van der Waals surface area contributed by atoms with Crippen molar-refractivity contribution in [2.75, 3.05) is 24.3 Å². The minimum absolute atomic E-state index is 0.0117. The number of aliphatic hydroxyl groups excluding tert-OH is 2. The van der Waals surface area contributed by atoms with Gasteiger partial charge in [0.15, 0.2) is 23.2 Å². The highest BCUT2D eigenvalue weighted by Crippen LogP contribution is 2.43. The number of nitrogens with zero attached hydrogens (tertiary/aromatic N) is 4. The molecule has 4 N–H and O–H groups in total. The number of amides is 1. The molecule has 0 spiro atoms. The molecule has 2 aromatic heterocycles. The third-order valence-corrected chi connectivity index (χ3v) is 4.65. The first-order chi connectivity index (χ1) is 13.3. The summed E-state index contributed by atoms with van der Waals surface area (Å²) in [5.74, 6) is -0.243. The van der Waals surface area contributed by atoms with Gasteiger partial charge >= 0.3 is 0 Å². The molecule has 4 atom stereocenters. The molecule has 0 aliphatic carbocycles. The predicted octanol–water partition coefficient (Wildman–Crippen LogP) is 0.607. The summed E-state index contributed by atoms with van der Waals surface area (Å²) in [7, 11) is 1.62. The van der Waals surface area contributed by atoms with Crippen LogP contribution in [0.3, 0.4) is 0 Å². The van der Waals surface area contributed by atoms with Gasteiger partial charge in [-0.25, -0.2) is 9.37 Å². The SMILES string of the molecule is C=C[C@@]1(F)[C@H](O)C(CO)O[C@H]1n1cnc2c(NC)nc(NC(=O)C(C)C)nc21. The fourth-order valence-corrected chi connectivity index (χ4v) is 2.99. The molecule has 28 heavy (non-hydrogen) atoms. The number of fused-ring (bicyclic) bond motifs is 1. The van der Waals surface area contributed by atoms with Gasteiger partial charge in [0, 0.05) is 13.0 Å². The molecular formula is C17H23FN6O4. The van der Waals surface area contributed by atoms with Crippen molar-refractivity contribution < 1.29 is 24.1 Å². The summed E-state index contributed by atoms with van der Waals surface area (Å²) in [6.45, 7) is 6.33. The third-order valence-electron chi connectivity index (χ3n) is 4.65. The van der Waals surface area contributed by atoms with E-state index in [0.29, 0.717) is 11.3 Å². The summed E-state index contributed by atoms with van der Waals surface area (Å²) in [5, 5.41) is 25.0. The van der Waals surface area contributed by atoms with Gasteiger partial charge in [-0.3, -0.25) is 14.7 Å². The van der Waals surface area contributed by atoms with Crippen molar-refractivity contribution in [1.29, 1.82) is 0 Å². The largest absolute Gasteiger partial charge is 0.394 e. The van der Waals surface area contributed by atoms with E-state index in [9.17, 15) is 15.0 Å². The number of halogens is 1. The molecule has 0 saturated carbocycles. The Labute approximate surface area is 160 Å². The number of carbonyl (C=O) groups is 1. The van der Waals surface area contributed by atoms with Gasteiger partial charge in [-0.05, 0) is 6.08 Å². The van der Waals surface area contributed by atoms with E-state index in [-0.39, 0.29) is 23.4 Å². The number of anilines is 2. The van der Waals surface area contributed by atoms with Crippen LogP contribution in [0.4, 0.5) is 16.2 Å². The van der Waals surface area contributed by atoms with E-state index in [1.807, 2.05) is 0 Å². The maximum absolute atomic E-state index is 15.4. The van der Waals surface area contributed by atoms with Crippen molar-refractivity contribution in [2.45, 2.75) is 38.0 Å². The van der Waals surface area contributed by atoms with Crippen molar-refractivity contribution in [3.8, 4) is 0 Å². The molecule has 0 radical (unpaired) electrons. The summed E-state index contributed by atoms with van der Waals surface area (Å²) in [5.41, 5.74) is -1.88. The monoisotopic (exact) mass is 394 g/mol. The summed E-state index contributed by atoms with van der Waals surface area (Å²) < 4.78 is 22.2. The lowest BCUT2D eigenvalue weighted by molar-refractivity contribution is -0.118. The van der Waals surface area contributed by atoms with Gasteiger partial charge in [0.05, 0.1) is 12.9 Å². The molecule has 1 saturated heterocycles. The molecular weight excluding hydrogens is 371 g/mol. The van der Waals surface area contributed by atoms with Crippen molar-refractivity contribution in [3.63, 3.8) is 0 Å². The maximum Gasteiger partial charge on any atom is 0.233 e. The second-order valence-corrected chi connectivity index (χ2v) is 6.80. The molecule has 3 heterocycles. The number of alkyl halides is 1.